The first-order chi connectivity index (χ1) is 8.58. The van der Waals surface area contributed by atoms with Gasteiger partial charge in [0.2, 0.25) is 5.91 Å². The van der Waals surface area contributed by atoms with Crippen LogP contribution in [-0.2, 0) is 14.3 Å². The SMILES string of the molecule is COC(=O)CCCCCNC(=O)C1(N)CCCC1. The van der Waals surface area contributed by atoms with Gasteiger partial charge < -0.3 is 15.8 Å². The van der Waals surface area contributed by atoms with Crippen LogP contribution in [0.5, 0.6) is 0 Å². The molecule has 0 unspecified atom stereocenters. The maximum atomic E-state index is 11.8. The number of nitrogens with one attached hydrogen (secondary N) is 1. The lowest BCUT2D eigenvalue weighted by Gasteiger charge is -2.22. The topological polar surface area (TPSA) is 81.4 Å². The second-order valence-electron chi connectivity index (χ2n) is 5.01. The van der Waals surface area contributed by atoms with Gasteiger partial charge in [0, 0.05) is 13.0 Å². The van der Waals surface area contributed by atoms with E-state index >= 15 is 0 Å². The van der Waals surface area contributed by atoms with Gasteiger partial charge in [0.05, 0.1) is 12.6 Å². The molecule has 5 heteroatoms. The molecule has 0 saturated heterocycles. The molecule has 1 aliphatic rings. The van der Waals surface area contributed by atoms with Crippen molar-refractivity contribution in [3.8, 4) is 0 Å². The number of methoxy groups -OCH3 is 1. The Balaban J connectivity index is 2.04. The van der Waals surface area contributed by atoms with Crippen molar-refractivity contribution in [3.63, 3.8) is 0 Å². The molecule has 1 amide bonds. The summed E-state index contributed by atoms with van der Waals surface area (Å²) in [4.78, 5) is 22.7. The Morgan fingerprint density at radius 1 is 1.22 bits per heavy atom. The number of rotatable bonds is 7. The van der Waals surface area contributed by atoms with Gasteiger partial charge in [-0.25, -0.2) is 0 Å². The van der Waals surface area contributed by atoms with Gasteiger partial charge in [0.25, 0.3) is 0 Å². The number of carbonyl (C=O) groups is 2. The van der Waals surface area contributed by atoms with Crippen molar-refractivity contribution >= 4 is 11.9 Å². The zero-order valence-electron chi connectivity index (χ0n) is 11.2. The third-order valence-corrected chi connectivity index (χ3v) is 3.52. The highest BCUT2D eigenvalue weighted by Crippen LogP contribution is 2.27. The Bertz CT molecular complexity index is 286. The van der Waals surface area contributed by atoms with Crippen LogP contribution in [0.2, 0.25) is 0 Å². The molecule has 0 heterocycles. The van der Waals surface area contributed by atoms with Crippen molar-refractivity contribution in [1.82, 2.24) is 5.32 Å². The third kappa shape index (κ3) is 4.64. The Morgan fingerprint density at radius 3 is 2.50 bits per heavy atom. The molecule has 0 atom stereocenters. The van der Waals surface area contributed by atoms with Crippen LogP contribution in [-0.4, -0.2) is 31.1 Å². The zero-order valence-corrected chi connectivity index (χ0v) is 11.2. The smallest absolute Gasteiger partial charge is 0.305 e. The fraction of sp³-hybridized carbons (Fsp3) is 0.846. The molecule has 18 heavy (non-hydrogen) atoms. The molecule has 1 saturated carbocycles. The molecule has 5 nitrogen and oxygen atoms in total. The Hall–Kier alpha value is -1.10. The molecule has 0 aliphatic heterocycles. The van der Waals surface area contributed by atoms with Gasteiger partial charge in [-0.15, -0.1) is 0 Å². The lowest BCUT2D eigenvalue weighted by molar-refractivity contribution is -0.140. The molecule has 3 N–H and O–H groups in total. The minimum atomic E-state index is -0.633. The first-order valence-electron chi connectivity index (χ1n) is 6.72. The summed E-state index contributed by atoms with van der Waals surface area (Å²) in [6.07, 6.45) is 6.71. The van der Waals surface area contributed by atoms with Crippen LogP contribution in [0, 0.1) is 0 Å². The molecule has 0 aromatic rings. The van der Waals surface area contributed by atoms with E-state index in [-0.39, 0.29) is 11.9 Å². The van der Waals surface area contributed by atoms with E-state index in [4.69, 9.17) is 5.73 Å². The van der Waals surface area contributed by atoms with Gasteiger partial charge in [-0.05, 0) is 25.7 Å². The van der Waals surface area contributed by atoms with Gasteiger partial charge in [-0.1, -0.05) is 19.3 Å². The number of unbranched alkanes of at least 4 members (excludes halogenated alkanes) is 2. The minimum Gasteiger partial charge on any atom is -0.469 e. The number of hydrogen-bond donors (Lipinski definition) is 2. The van der Waals surface area contributed by atoms with Crippen molar-refractivity contribution in [1.29, 1.82) is 0 Å². The first kappa shape index (κ1) is 15.0. The maximum absolute atomic E-state index is 11.8. The second kappa shape index (κ2) is 7.36. The minimum absolute atomic E-state index is 0.0204. The molecule has 0 spiro atoms. The second-order valence-corrected chi connectivity index (χ2v) is 5.01. The van der Waals surface area contributed by atoms with E-state index < -0.39 is 5.54 Å². The fourth-order valence-electron chi connectivity index (χ4n) is 2.28. The number of carbonyl (C=O) groups excluding carboxylic acids is 2. The standard InChI is InChI=1S/C13H24N2O3/c1-18-11(16)7-3-2-6-10-15-12(17)13(14)8-4-5-9-13/h2-10,14H2,1H3,(H,15,17). The summed E-state index contributed by atoms with van der Waals surface area (Å²) >= 11 is 0. The molecule has 0 bridgehead atoms. The molecule has 1 aliphatic carbocycles. The summed E-state index contributed by atoms with van der Waals surface area (Å²) in [5.41, 5.74) is 5.40. The van der Waals surface area contributed by atoms with Crippen LogP contribution in [0.1, 0.15) is 51.4 Å². The molecule has 104 valence electrons. The summed E-state index contributed by atoms with van der Waals surface area (Å²) in [6, 6.07) is 0. The number of nitrogens with two attached hydrogens (primary N) is 1. The van der Waals surface area contributed by atoms with E-state index in [1.807, 2.05) is 0 Å². The van der Waals surface area contributed by atoms with Gasteiger partial charge in [0.1, 0.15) is 0 Å². The van der Waals surface area contributed by atoms with E-state index in [1.165, 1.54) is 7.11 Å². The van der Waals surface area contributed by atoms with Crippen molar-refractivity contribution in [2.45, 2.75) is 56.9 Å². The van der Waals surface area contributed by atoms with Crippen LogP contribution < -0.4 is 11.1 Å². The molecule has 1 fully saturated rings. The molecular formula is C13H24N2O3. The van der Waals surface area contributed by atoms with Crippen LogP contribution in [0.25, 0.3) is 0 Å². The van der Waals surface area contributed by atoms with Gasteiger partial charge in [-0.3, -0.25) is 9.59 Å². The number of hydrogen-bond acceptors (Lipinski definition) is 4. The number of amides is 1. The summed E-state index contributed by atoms with van der Waals surface area (Å²) in [6.45, 7) is 0.638. The van der Waals surface area contributed by atoms with Crippen LogP contribution in [0.3, 0.4) is 0 Å². The summed E-state index contributed by atoms with van der Waals surface area (Å²) in [5.74, 6) is -0.195. The average molecular weight is 256 g/mol. The fourth-order valence-corrected chi connectivity index (χ4v) is 2.28. The average Bonchev–Trinajstić information content (AvgIpc) is 2.81. The van der Waals surface area contributed by atoms with E-state index in [1.54, 1.807) is 0 Å². The summed E-state index contributed by atoms with van der Waals surface area (Å²) in [5, 5.41) is 2.89. The van der Waals surface area contributed by atoms with Crippen LogP contribution in [0.4, 0.5) is 0 Å². The first-order valence-corrected chi connectivity index (χ1v) is 6.72. The lowest BCUT2D eigenvalue weighted by Crippen LogP contribution is -2.52. The largest absolute Gasteiger partial charge is 0.469 e. The maximum Gasteiger partial charge on any atom is 0.305 e. The number of ether oxygens (including phenoxy) is 1. The molecule has 1 rings (SSSR count). The van der Waals surface area contributed by atoms with E-state index in [0.29, 0.717) is 13.0 Å². The Morgan fingerprint density at radius 2 is 1.89 bits per heavy atom. The van der Waals surface area contributed by atoms with Crippen molar-refractivity contribution < 1.29 is 14.3 Å². The van der Waals surface area contributed by atoms with Gasteiger partial charge >= 0.3 is 5.97 Å². The third-order valence-electron chi connectivity index (χ3n) is 3.52. The zero-order chi connectivity index (χ0) is 13.4. The normalized spacial score (nSPS) is 17.4. The highest BCUT2D eigenvalue weighted by atomic mass is 16.5. The van der Waals surface area contributed by atoms with Crippen LogP contribution >= 0.6 is 0 Å². The van der Waals surface area contributed by atoms with Crippen molar-refractivity contribution in [3.05, 3.63) is 0 Å². The Kier molecular flexibility index (Phi) is 6.12. The summed E-state index contributed by atoms with van der Waals surface area (Å²) in [7, 11) is 1.39. The van der Waals surface area contributed by atoms with Gasteiger partial charge in [0.15, 0.2) is 0 Å². The van der Waals surface area contributed by atoms with Crippen LogP contribution in [0.15, 0.2) is 0 Å². The number of esters is 1. The Labute approximate surface area is 108 Å². The quantitative estimate of drug-likeness (QED) is 0.528. The molecule has 0 aromatic carbocycles. The highest BCUT2D eigenvalue weighted by Gasteiger charge is 2.36. The molecule has 0 radical (unpaired) electrons. The monoisotopic (exact) mass is 256 g/mol. The van der Waals surface area contributed by atoms with E-state index in [0.717, 1.165) is 44.9 Å². The highest BCUT2D eigenvalue weighted by molar-refractivity contribution is 5.86. The van der Waals surface area contributed by atoms with E-state index in [9.17, 15) is 9.59 Å². The predicted octanol–water partition coefficient (Wildman–Crippen LogP) is 1.11. The van der Waals surface area contributed by atoms with E-state index in [2.05, 4.69) is 10.1 Å². The lowest BCUT2D eigenvalue weighted by atomic mass is 9.98. The van der Waals surface area contributed by atoms with Crippen molar-refractivity contribution in [2.75, 3.05) is 13.7 Å². The predicted molar refractivity (Wildman–Crippen MR) is 68.9 cm³/mol. The van der Waals surface area contributed by atoms with Gasteiger partial charge in [-0.2, -0.15) is 0 Å². The summed E-state index contributed by atoms with van der Waals surface area (Å²) < 4.78 is 4.55. The molecule has 0 aromatic heterocycles. The molecular weight excluding hydrogens is 232 g/mol. The van der Waals surface area contributed by atoms with Crippen molar-refractivity contribution in [2.24, 2.45) is 5.73 Å².